The van der Waals surface area contributed by atoms with Crippen LogP contribution >= 0.6 is 0 Å². The number of hydrogen-bond acceptors (Lipinski definition) is 7. The molecule has 3 atom stereocenters. The highest BCUT2D eigenvalue weighted by Gasteiger charge is 2.42. The summed E-state index contributed by atoms with van der Waals surface area (Å²) in [6.07, 6.45) is -6.65. The van der Waals surface area contributed by atoms with Crippen molar-refractivity contribution in [1.29, 1.82) is 0 Å². The van der Waals surface area contributed by atoms with Crippen LogP contribution in [0.15, 0.2) is 18.3 Å². The first-order valence-electron chi connectivity index (χ1n) is 10.3. The molecule has 0 radical (unpaired) electrons. The third-order valence-electron chi connectivity index (χ3n) is 5.10. The van der Waals surface area contributed by atoms with Crippen molar-refractivity contribution in [3.05, 3.63) is 23.9 Å². The maximum Gasteiger partial charge on any atom is 0.490 e. The molecule has 2 saturated heterocycles. The van der Waals surface area contributed by atoms with E-state index in [1.165, 1.54) is 0 Å². The quantitative estimate of drug-likeness (QED) is 0.497. The lowest BCUT2D eigenvalue weighted by Gasteiger charge is -2.34. The highest BCUT2D eigenvalue weighted by molar-refractivity contribution is 5.80. The lowest BCUT2D eigenvalue weighted by Crippen LogP contribution is -2.42. The van der Waals surface area contributed by atoms with Gasteiger partial charge in [-0.1, -0.05) is 6.07 Å². The van der Waals surface area contributed by atoms with Gasteiger partial charge in [-0.2, -0.15) is 26.3 Å². The second-order valence-corrected chi connectivity index (χ2v) is 7.57. The highest BCUT2D eigenvalue weighted by atomic mass is 19.4. The zero-order valence-corrected chi connectivity index (χ0v) is 19.1. The first-order chi connectivity index (χ1) is 16.6. The minimum Gasteiger partial charge on any atom is -0.481 e. The van der Waals surface area contributed by atoms with Crippen molar-refractivity contribution in [1.82, 2.24) is 15.2 Å². The van der Waals surface area contributed by atoms with Gasteiger partial charge in [0.05, 0.1) is 13.2 Å². The van der Waals surface area contributed by atoms with Crippen molar-refractivity contribution in [3.8, 4) is 5.88 Å². The lowest BCUT2D eigenvalue weighted by molar-refractivity contribution is -0.193. The van der Waals surface area contributed by atoms with E-state index in [0.717, 1.165) is 38.0 Å². The number of likely N-dealkylation sites (tertiary alicyclic amines) is 1. The van der Waals surface area contributed by atoms with Gasteiger partial charge in [0, 0.05) is 31.9 Å². The second kappa shape index (κ2) is 13.2. The van der Waals surface area contributed by atoms with Crippen LogP contribution in [0.25, 0.3) is 0 Å². The largest absolute Gasteiger partial charge is 0.490 e. The second-order valence-electron chi connectivity index (χ2n) is 7.57. The molecule has 36 heavy (non-hydrogen) atoms. The van der Waals surface area contributed by atoms with Crippen molar-refractivity contribution in [2.24, 2.45) is 5.92 Å². The standard InChI is InChI=1S/C16H23N3O3.2C2HF3O2/c1-17-15(20)13-8-11-5-7-19(10-14(11)22-13)9-12-4-3-6-18-16(12)21-2;2*3-2(4,5)1(6)7/h3-4,6,11,13-14H,5,7-10H2,1-2H3,(H,17,20);2*(H,6,7)/t11-,13+,14+;;/m0../s1. The number of carbonyl (C=O) groups excluding carboxylic acids is 1. The molecule has 0 saturated carbocycles. The number of nitrogens with one attached hydrogen (secondary N) is 1. The maximum atomic E-state index is 11.7. The normalized spacial score (nSPS) is 21.6. The van der Waals surface area contributed by atoms with E-state index in [-0.39, 0.29) is 18.1 Å². The molecule has 2 aliphatic heterocycles. The summed E-state index contributed by atoms with van der Waals surface area (Å²) < 4.78 is 74.7. The number of aliphatic carboxylic acids is 2. The molecular formula is C20H25F6N3O7. The summed E-state index contributed by atoms with van der Waals surface area (Å²) in [7, 11) is 3.31. The number of carbonyl (C=O) groups is 3. The molecule has 3 heterocycles. The molecule has 0 spiro atoms. The van der Waals surface area contributed by atoms with Crippen LogP contribution in [-0.2, 0) is 25.7 Å². The smallest absolute Gasteiger partial charge is 0.481 e. The van der Waals surface area contributed by atoms with Crippen LogP contribution in [0.5, 0.6) is 5.88 Å². The number of hydrogen-bond donors (Lipinski definition) is 3. The number of alkyl halides is 6. The van der Waals surface area contributed by atoms with Crippen LogP contribution in [0.1, 0.15) is 18.4 Å². The number of fused-ring (bicyclic) bond motifs is 1. The summed E-state index contributed by atoms with van der Waals surface area (Å²) in [4.78, 5) is 36.1. The Labute approximate surface area is 201 Å². The van der Waals surface area contributed by atoms with Gasteiger partial charge in [-0.25, -0.2) is 14.6 Å². The molecular weight excluding hydrogens is 508 g/mol. The summed E-state index contributed by atoms with van der Waals surface area (Å²) >= 11 is 0. The number of carboxylic acids is 2. The molecule has 0 aromatic carbocycles. The van der Waals surface area contributed by atoms with Crippen LogP contribution in [-0.4, -0.2) is 89.8 Å². The molecule has 204 valence electrons. The van der Waals surface area contributed by atoms with E-state index < -0.39 is 24.3 Å². The van der Waals surface area contributed by atoms with Gasteiger partial charge in [0.2, 0.25) is 11.8 Å². The van der Waals surface area contributed by atoms with Gasteiger partial charge >= 0.3 is 24.3 Å². The first-order valence-corrected chi connectivity index (χ1v) is 10.3. The summed E-state index contributed by atoms with van der Waals surface area (Å²) in [6.45, 7) is 2.67. The van der Waals surface area contributed by atoms with Gasteiger partial charge in [-0.3, -0.25) is 9.69 Å². The highest BCUT2D eigenvalue weighted by Crippen LogP contribution is 2.34. The maximum absolute atomic E-state index is 11.7. The summed E-state index contributed by atoms with van der Waals surface area (Å²) in [5.41, 5.74) is 1.09. The predicted molar refractivity (Wildman–Crippen MR) is 109 cm³/mol. The van der Waals surface area contributed by atoms with E-state index in [2.05, 4.69) is 15.2 Å². The lowest BCUT2D eigenvalue weighted by atomic mass is 9.91. The number of halogens is 6. The van der Waals surface area contributed by atoms with E-state index in [4.69, 9.17) is 29.3 Å². The number of rotatable bonds is 4. The SMILES string of the molecule is CNC(=O)[C@H]1C[C@@H]2CCN(Cc3cccnc3OC)C[C@H]2O1.O=C(O)C(F)(F)F.O=C(O)C(F)(F)F. The van der Waals surface area contributed by atoms with Gasteiger partial charge < -0.3 is 25.0 Å². The Morgan fingerprint density at radius 3 is 2.19 bits per heavy atom. The molecule has 10 nitrogen and oxygen atoms in total. The average molecular weight is 533 g/mol. The van der Waals surface area contributed by atoms with Crippen LogP contribution in [0, 0.1) is 5.92 Å². The number of pyridine rings is 1. The van der Waals surface area contributed by atoms with Gasteiger partial charge in [0.1, 0.15) is 6.10 Å². The van der Waals surface area contributed by atoms with Gasteiger partial charge in [-0.15, -0.1) is 0 Å². The molecule has 0 bridgehead atoms. The summed E-state index contributed by atoms with van der Waals surface area (Å²) in [6, 6.07) is 3.97. The van der Waals surface area contributed by atoms with Crippen LogP contribution in [0.4, 0.5) is 26.3 Å². The number of ether oxygens (including phenoxy) is 2. The van der Waals surface area contributed by atoms with Gasteiger partial charge in [0.15, 0.2) is 0 Å². The van der Waals surface area contributed by atoms with E-state index in [0.29, 0.717) is 11.8 Å². The van der Waals surface area contributed by atoms with E-state index in [1.807, 2.05) is 12.1 Å². The van der Waals surface area contributed by atoms with Crippen molar-refractivity contribution in [3.63, 3.8) is 0 Å². The molecule has 1 amide bonds. The Balaban J connectivity index is 0.000000383. The molecule has 1 aromatic rings. The first kappa shape index (κ1) is 30.9. The van der Waals surface area contributed by atoms with Gasteiger partial charge in [-0.05, 0) is 31.4 Å². The molecule has 2 aliphatic rings. The fraction of sp³-hybridized carbons (Fsp3) is 0.600. The zero-order chi connectivity index (χ0) is 27.7. The van der Waals surface area contributed by atoms with Crippen molar-refractivity contribution >= 4 is 17.8 Å². The third-order valence-corrected chi connectivity index (χ3v) is 5.10. The third kappa shape index (κ3) is 9.85. The minimum absolute atomic E-state index is 0.00474. The topological polar surface area (TPSA) is 138 Å². The molecule has 1 aromatic heterocycles. The molecule has 0 unspecified atom stereocenters. The molecule has 3 rings (SSSR count). The fourth-order valence-corrected chi connectivity index (χ4v) is 3.44. The van der Waals surface area contributed by atoms with Crippen LogP contribution < -0.4 is 10.1 Å². The summed E-state index contributed by atoms with van der Waals surface area (Å²) in [5.74, 6) is -4.34. The zero-order valence-electron chi connectivity index (χ0n) is 19.1. The number of amides is 1. The average Bonchev–Trinajstić information content (AvgIpc) is 3.22. The molecule has 16 heteroatoms. The Bertz CT molecular complexity index is 873. The predicted octanol–water partition coefficient (Wildman–Crippen LogP) is 2.08. The molecule has 3 N–H and O–H groups in total. The van der Waals surface area contributed by atoms with Crippen molar-refractivity contribution in [2.45, 2.75) is 43.9 Å². The molecule has 2 fully saturated rings. The monoisotopic (exact) mass is 533 g/mol. The number of carboxylic acid groups (broad SMARTS) is 2. The van der Waals surface area contributed by atoms with Crippen LogP contribution in [0.2, 0.25) is 0 Å². The Kier molecular flexibility index (Phi) is 11.4. The summed E-state index contributed by atoms with van der Waals surface area (Å²) in [5, 5.41) is 16.9. The Hall–Kier alpha value is -3.14. The fourth-order valence-electron chi connectivity index (χ4n) is 3.44. The Morgan fingerprint density at radius 2 is 1.72 bits per heavy atom. The number of aromatic nitrogens is 1. The van der Waals surface area contributed by atoms with Crippen LogP contribution in [0.3, 0.4) is 0 Å². The van der Waals surface area contributed by atoms with E-state index >= 15 is 0 Å². The van der Waals surface area contributed by atoms with Crippen molar-refractivity contribution in [2.75, 3.05) is 27.2 Å². The minimum atomic E-state index is -5.08. The number of piperidine rings is 1. The number of likely N-dealkylation sites (N-methyl/N-ethyl adjacent to an activating group) is 1. The van der Waals surface area contributed by atoms with E-state index in [1.54, 1.807) is 20.4 Å². The number of nitrogens with zero attached hydrogens (tertiary/aromatic N) is 2. The van der Waals surface area contributed by atoms with Crippen molar-refractivity contribution < 1.29 is 60.4 Å². The Morgan fingerprint density at radius 1 is 1.17 bits per heavy atom. The number of methoxy groups -OCH3 is 1. The molecule has 0 aliphatic carbocycles. The van der Waals surface area contributed by atoms with Gasteiger partial charge in [0.25, 0.3) is 0 Å². The van der Waals surface area contributed by atoms with E-state index in [9.17, 15) is 31.1 Å².